The maximum absolute atomic E-state index is 13.6. The van der Waals surface area contributed by atoms with Gasteiger partial charge in [-0.05, 0) is 45.7 Å². The van der Waals surface area contributed by atoms with Gasteiger partial charge >= 0.3 is 0 Å². The third-order valence-corrected chi connectivity index (χ3v) is 4.37. The van der Waals surface area contributed by atoms with Gasteiger partial charge < -0.3 is 15.0 Å². The number of benzene rings is 1. The van der Waals surface area contributed by atoms with Crippen molar-refractivity contribution in [1.82, 2.24) is 10.2 Å². The van der Waals surface area contributed by atoms with Crippen molar-refractivity contribution in [3.63, 3.8) is 0 Å². The number of ether oxygens (including phenoxy) is 1. The summed E-state index contributed by atoms with van der Waals surface area (Å²) in [5.74, 6) is 0.0754. The lowest BCUT2D eigenvalue weighted by Gasteiger charge is -2.25. The monoisotopic (exact) mass is 336 g/mol. The quantitative estimate of drug-likeness (QED) is 0.668. The summed E-state index contributed by atoms with van der Waals surface area (Å²) >= 11 is 0. The van der Waals surface area contributed by atoms with E-state index in [2.05, 4.69) is 5.32 Å². The Morgan fingerprint density at radius 2 is 2.17 bits per heavy atom. The van der Waals surface area contributed by atoms with Crippen molar-refractivity contribution < 1.29 is 13.9 Å². The highest BCUT2D eigenvalue weighted by atomic mass is 19.1. The average molecular weight is 336 g/mol. The van der Waals surface area contributed by atoms with Gasteiger partial charge in [0.05, 0.1) is 6.10 Å². The second-order valence-electron chi connectivity index (χ2n) is 6.61. The third-order valence-electron chi connectivity index (χ3n) is 4.37. The summed E-state index contributed by atoms with van der Waals surface area (Å²) in [7, 11) is 0. The maximum atomic E-state index is 13.6. The third kappa shape index (κ3) is 5.87. The van der Waals surface area contributed by atoms with Gasteiger partial charge in [-0.1, -0.05) is 18.2 Å². The molecule has 1 aromatic rings. The van der Waals surface area contributed by atoms with E-state index in [1.807, 2.05) is 24.8 Å². The van der Waals surface area contributed by atoms with E-state index in [4.69, 9.17) is 4.74 Å². The molecule has 2 rings (SSSR count). The zero-order valence-electron chi connectivity index (χ0n) is 14.8. The largest absolute Gasteiger partial charge is 0.379 e. The highest BCUT2D eigenvalue weighted by Crippen LogP contribution is 2.21. The van der Waals surface area contributed by atoms with Crippen molar-refractivity contribution in [2.75, 3.05) is 19.7 Å². The number of carbonyl (C=O) groups excluding carboxylic acids is 1. The number of hydrogen-bond acceptors (Lipinski definition) is 3. The fraction of sp³-hybridized carbons (Fsp3) is 0.632. The van der Waals surface area contributed by atoms with Crippen LogP contribution >= 0.6 is 0 Å². The van der Waals surface area contributed by atoms with Crippen molar-refractivity contribution in [1.29, 1.82) is 0 Å². The van der Waals surface area contributed by atoms with Gasteiger partial charge in [0.25, 0.3) is 0 Å². The van der Waals surface area contributed by atoms with Crippen LogP contribution in [0, 0.1) is 5.82 Å². The SMILES string of the molecule is CC(C)OCCCN1C(=O)CCC1CCNCc1ccccc1F. The summed E-state index contributed by atoms with van der Waals surface area (Å²) in [5.41, 5.74) is 0.683. The van der Waals surface area contributed by atoms with E-state index in [1.165, 1.54) is 6.07 Å². The molecular formula is C19H29FN2O2. The van der Waals surface area contributed by atoms with Crippen LogP contribution in [0.3, 0.4) is 0 Å². The molecule has 0 aromatic heterocycles. The molecule has 0 radical (unpaired) electrons. The van der Waals surface area contributed by atoms with Gasteiger partial charge in [-0.3, -0.25) is 4.79 Å². The molecule has 0 saturated carbocycles. The van der Waals surface area contributed by atoms with Gasteiger partial charge in [-0.25, -0.2) is 4.39 Å². The first kappa shape index (κ1) is 18.9. The Labute approximate surface area is 144 Å². The Kier molecular flexibility index (Phi) is 7.66. The first-order valence-electron chi connectivity index (χ1n) is 8.93. The molecule has 0 aliphatic carbocycles. The van der Waals surface area contributed by atoms with E-state index in [-0.39, 0.29) is 17.8 Å². The van der Waals surface area contributed by atoms with Crippen molar-refractivity contribution in [3.8, 4) is 0 Å². The van der Waals surface area contributed by atoms with Gasteiger partial charge in [0, 0.05) is 37.7 Å². The van der Waals surface area contributed by atoms with Gasteiger partial charge in [0.2, 0.25) is 5.91 Å². The topological polar surface area (TPSA) is 41.6 Å². The normalized spacial score (nSPS) is 17.9. The molecular weight excluding hydrogens is 307 g/mol. The van der Waals surface area contributed by atoms with E-state index in [9.17, 15) is 9.18 Å². The van der Waals surface area contributed by atoms with Crippen LogP contribution < -0.4 is 5.32 Å². The van der Waals surface area contributed by atoms with Crippen LogP contribution in [0.1, 0.15) is 45.1 Å². The van der Waals surface area contributed by atoms with Gasteiger partial charge in [0.1, 0.15) is 5.82 Å². The lowest BCUT2D eigenvalue weighted by atomic mass is 10.1. The summed E-state index contributed by atoms with van der Waals surface area (Å²) in [6, 6.07) is 7.11. The van der Waals surface area contributed by atoms with Crippen LogP contribution in [0.5, 0.6) is 0 Å². The van der Waals surface area contributed by atoms with E-state index in [1.54, 1.807) is 12.1 Å². The molecule has 1 N–H and O–H groups in total. The van der Waals surface area contributed by atoms with Crippen molar-refractivity contribution in [3.05, 3.63) is 35.6 Å². The number of nitrogens with one attached hydrogen (secondary N) is 1. The van der Waals surface area contributed by atoms with Crippen molar-refractivity contribution >= 4 is 5.91 Å². The van der Waals surface area contributed by atoms with Gasteiger partial charge in [-0.15, -0.1) is 0 Å². The number of amides is 1. The molecule has 4 nitrogen and oxygen atoms in total. The summed E-state index contributed by atoms with van der Waals surface area (Å²) in [6.07, 6.45) is 3.58. The number of nitrogens with zero attached hydrogens (tertiary/aromatic N) is 1. The molecule has 1 unspecified atom stereocenters. The Hall–Kier alpha value is -1.46. The molecule has 0 spiro atoms. The fourth-order valence-electron chi connectivity index (χ4n) is 3.09. The first-order valence-corrected chi connectivity index (χ1v) is 8.93. The van der Waals surface area contributed by atoms with Crippen LogP contribution in [0.25, 0.3) is 0 Å². The Balaban J connectivity index is 1.68. The minimum Gasteiger partial charge on any atom is -0.379 e. The molecule has 5 heteroatoms. The first-order chi connectivity index (χ1) is 11.6. The Bertz CT molecular complexity index is 522. The van der Waals surface area contributed by atoms with Crippen molar-refractivity contribution in [2.24, 2.45) is 0 Å². The molecule has 24 heavy (non-hydrogen) atoms. The maximum Gasteiger partial charge on any atom is 0.222 e. The fourth-order valence-corrected chi connectivity index (χ4v) is 3.09. The number of rotatable bonds is 10. The van der Waals surface area contributed by atoms with Crippen molar-refractivity contribution in [2.45, 2.75) is 58.2 Å². The minimum absolute atomic E-state index is 0.173. The number of likely N-dealkylation sites (tertiary alicyclic amines) is 1. The lowest BCUT2D eigenvalue weighted by molar-refractivity contribution is -0.129. The van der Waals surface area contributed by atoms with E-state index < -0.39 is 0 Å². The zero-order chi connectivity index (χ0) is 17.4. The molecule has 1 aromatic carbocycles. The molecule has 134 valence electrons. The van der Waals surface area contributed by atoms with Crippen LogP contribution in [0.15, 0.2) is 24.3 Å². The molecule has 1 saturated heterocycles. The minimum atomic E-state index is -0.173. The molecule has 1 aliphatic heterocycles. The Morgan fingerprint density at radius 1 is 1.38 bits per heavy atom. The summed E-state index contributed by atoms with van der Waals surface area (Å²) in [5, 5.41) is 3.28. The standard InChI is InChI=1S/C19H29FN2O2/c1-15(2)24-13-5-12-22-17(8-9-19(22)23)10-11-21-14-16-6-3-4-7-18(16)20/h3-4,6-7,15,17,21H,5,8-14H2,1-2H3. The second kappa shape index (κ2) is 9.74. The van der Waals surface area contributed by atoms with Crippen LogP contribution in [0.4, 0.5) is 4.39 Å². The molecule has 1 amide bonds. The average Bonchev–Trinajstić information content (AvgIpc) is 2.90. The second-order valence-corrected chi connectivity index (χ2v) is 6.61. The molecule has 1 fully saturated rings. The van der Waals surface area contributed by atoms with E-state index in [0.717, 1.165) is 32.4 Å². The molecule has 1 aliphatic rings. The zero-order valence-corrected chi connectivity index (χ0v) is 14.8. The van der Waals surface area contributed by atoms with E-state index >= 15 is 0 Å². The predicted molar refractivity (Wildman–Crippen MR) is 93.2 cm³/mol. The number of hydrogen-bond donors (Lipinski definition) is 1. The number of carbonyl (C=O) groups is 1. The smallest absolute Gasteiger partial charge is 0.222 e. The highest BCUT2D eigenvalue weighted by Gasteiger charge is 2.29. The predicted octanol–water partition coefficient (Wildman–Crippen LogP) is 3.11. The molecule has 1 atom stereocenters. The van der Waals surface area contributed by atoms with Crippen LogP contribution in [0.2, 0.25) is 0 Å². The summed E-state index contributed by atoms with van der Waals surface area (Å²) in [4.78, 5) is 14.0. The van der Waals surface area contributed by atoms with E-state index in [0.29, 0.717) is 31.2 Å². The molecule has 0 bridgehead atoms. The lowest BCUT2D eigenvalue weighted by Crippen LogP contribution is -2.36. The number of halogens is 1. The Morgan fingerprint density at radius 3 is 2.92 bits per heavy atom. The molecule has 1 heterocycles. The summed E-state index contributed by atoms with van der Waals surface area (Å²) in [6.45, 7) is 6.81. The highest BCUT2D eigenvalue weighted by molar-refractivity contribution is 5.78. The van der Waals surface area contributed by atoms with Gasteiger partial charge in [0.15, 0.2) is 0 Å². The summed E-state index contributed by atoms with van der Waals surface area (Å²) < 4.78 is 19.1. The van der Waals surface area contributed by atoms with Crippen LogP contribution in [-0.4, -0.2) is 42.6 Å². The van der Waals surface area contributed by atoms with Crippen LogP contribution in [-0.2, 0) is 16.1 Å². The van der Waals surface area contributed by atoms with Gasteiger partial charge in [-0.2, -0.15) is 0 Å².